The van der Waals surface area contributed by atoms with Crippen molar-refractivity contribution in [1.29, 1.82) is 0 Å². The second-order valence-corrected chi connectivity index (χ2v) is 4.92. The lowest BCUT2D eigenvalue weighted by Crippen LogP contribution is -2.31. The van der Waals surface area contributed by atoms with E-state index in [0.717, 1.165) is 5.76 Å². The van der Waals surface area contributed by atoms with Crippen molar-refractivity contribution >= 4 is 5.91 Å². The lowest BCUT2D eigenvalue weighted by atomic mass is 10.2. The summed E-state index contributed by atoms with van der Waals surface area (Å²) >= 11 is 0. The third-order valence-electron chi connectivity index (χ3n) is 3.14. The van der Waals surface area contributed by atoms with E-state index in [-0.39, 0.29) is 23.2 Å². The van der Waals surface area contributed by atoms with Crippen LogP contribution in [0.1, 0.15) is 35.0 Å². The summed E-state index contributed by atoms with van der Waals surface area (Å²) < 4.78 is 11.6. The van der Waals surface area contributed by atoms with Crippen molar-refractivity contribution in [2.24, 2.45) is 0 Å². The fourth-order valence-corrected chi connectivity index (χ4v) is 1.94. The Hall–Kier alpha value is -2.41. The maximum atomic E-state index is 12.2. The minimum atomic E-state index is -0.368. The third-order valence-corrected chi connectivity index (χ3v) is 3.14. The molecule has 0 aliphatic carbocycles. The SMILES string of the molecule is COCCn1nc(C(=O)N[C@H](C)c2ccc(C)o2)ccc1=O. The van der Waals surface area contributed by atoms with Crippen LogP contribution in [0.15, 0.2) is 33.5 Å². The first-order chi connectivity index (χ1) is 10.5. The zero-order valence-corrected chi connectivity index (χ0v) is 12.8. The molecule has 0 bridgehead atoms. The van der Waals surface area contributed by atoms with Gasteiger partial charge in [0.2, 0.25) is 0 Å². The number of hydrogen-bond donors (Lipinski definition) is 1. The van der Waals surface area contributed by atoms with Gasteiger partial charge in [0, 0.05) is 13.2 Å². The molecule has 0 saturated carbocycles. The average Bonchev–Trinajstić information content (AvgIpc) is 2.93. The number of aromatic nitrogens is 2. The molecule has 2 aromatic heterocycles. The molecule has 22 heavy (non-hydrogen) atoms. The quantitative estimate of drug-likeness (QED) is 0.869. The molecule has 0 aliphatic heterocycles. The molecule has 0 aliphatic rings. The highest BCUT2D eigenvalue weighted by Gasteiger charge is 2.16. The molecule has 0 aromatic carbocycles. The number of amides is 1. The number of nitrogens with one attached hydrogen (secondary N) is 1. The predicted molar refractivity (Wildman–Crippen MR) is 79.7 cm³/mol. The van der Waals surface area contributed by atoms with Crippen molar-refractivity contribution in [3.63, 3.8) is 0 Å². The summed E-state index contributed by atoms with van der Waals surface area (Å²) in [5.74, 6) is 1.08. The van der Waals surface area contributed by atoms with Crippen molar-refractivity contribution in [3.05, 3.63) is 51.8 Å². The molecule has 0 spiro atoms. The first kappa shape index (κ1) is 16.0. The molecule has 118 valence electrons. The van der Waals surface area contributed by atoms with E-state index in [1.807, 2.05) is 26.0 Å². The highest BCUT2D eigenvalue weighted by atomic mass is 16.5. The van der Waals surface area contributed by atoms with Gasteiger partial charge in [0.25, 0.3) is 11.5 Å². The van der Waals surface area contributed by atoms with Crippen molar-refractivity contribution in [2.45, 2.75) is 26.4 Å². The molecule has 7 heteroatoms. The molecular formula is C15H19N3O4. The monoisotopic (exact) mass is 305 g/mol. The fraction of sp³-hybridized carbons (Fsp3) is 0.400. The Kier molecular flexibility index (Phi) is 5.11. The summed E-state index contributed by atoms with van der Waals surface area (Å²) in [6, 6.07) is 6.08. The Balaban J connectivity index is 2.10. The van der Waals surface area contributed by atoms with Gasteiger partial charge in [-0.2, -0.15) is 5.10 Å². The van der Waals surface area contributed by atoms with Crippen LogP contribution < -0.4 is 10.9 Å². The van der Waals surface area contributed by atoms with E-state index in [4.69, 9.17) is 9.15 Å². The predicted octanol–water partition coefficient (Wildman–Crippen LogP) is 1.28. The number of carbonyl (C=O) groups is 1. The number of hydrogen-bond acceptors (Lipinski definition) is 5. The van der Waals surface area contributed by atoms with Gasteiger partial charge in [-0.3, -0.25) is 9.59 Å². The van der Waals surface area contributed by atoms with Crippen LogP contribution >= 0.6 is 0 Å². The van der Waals surface area contributed by atoms with Gasteiger partial charge >= 0.3 is 0 Å². The summed E-state index contributed by atoms with van der Waals surface area (Å²) in [5, 5.41) is 6.83. The molecule has 1 amide bonds. The standard InChI is InChI=1S/C15H19N3O4/c1-10-4-6-13(22-10)11(2)16-15(20)12-5-7-14(19)18(17-12)8-9-21-3/h4-7,11H,8-9H2,1-3H3,(H,16,20)/t11-/m1/s1. The van der Waals surface area contributed by atoms with E-state index >= 15 is 0 Å². The third kappa shape index (κ3) is 3.82. The van der Waals surface area contributed by atoms with Crippen LogP contribution in [0.25, 0.3) is 0 Å². The zero-order chi connectivity index (χ0) is 16.1. The Bertz CT molecular complexity index is 705. The molecule has 0 radical (unpaired) electrons. The van der Waals surface area contributed by atoms with E-state index in [9.17, 15) is 9.59 Å². The van der Waals surface area contributed by atoms with Crippen molar-refractivity contribution in [3.8, 4) is 0 Å². The molecular weight excluding hydrogens is 286 g/mol. The number of ether oxygens (including phenoxy) is 1. The van der Waals surface area contributed by atoms with Crippen LogP contribution in [0.2, 0.25) is 0 Å². The largest absolute Gasteiger partial charge is 0.464 e. The Morgan fingerprint density at radius 1 is 1.41 bits per heavy atom. The maximum Gasteiger partial charge on any atom is 0.272 e. The van der Waals surface area contributed by atoms with Gasteiger partial charge in [0.1, 0.15) is 17.2 Å². The van der Waals surface area contributed by atoms with Crippen molar-refractivity contribution in [2.75, 3.05) is 13.7 Å². The lowest BCUT2D eigenvalue weighted by molar-refractivity contribution is 0.0926. The summed E-state index contributed by atoms with van der Waals surface area (Å²) in [6.07, 6.45) is 0. The second-order valence-electron chi connectivity index (χ2n) is 4.92. The Labute approximate surface area is 127 Å². The normalized spacial score (nSPS) is 12.1. The summed E-state index contributed by atoms with van der Waals surface area (Å²) in [6.45, 7) is 4.30. The number of aryl methyl sites for hydroxylation is 1. The minimum Gasteiger partial charge on any atom is -0.464 e. The number of furan rings is 1. The first-order valence-electron chi connectivity index (χ1n) is 6.95. The highest BCUT2D eigenvalue weighted by Crippen LogP contribution is 2.15. The number of carbonyl (C=O) groups excluding carboxylic acids is 1. The summed E-state index contributed by atoms with van der Waals surface area (Å²) in [5.41, 5.74) is -0.103. The second kappa shape index (κ2) is 7.04. The van der Waals surface area contributed by atoms with Gasteiger partial charge in [0.05, 0.1) is 19.2 Å². The van der Waals surface area contributed by atoms with Crippen molar-refractivity contribution < 1.29 is 13.9 Å². The van der Waals surface area contributed by atoms with Crippen LogP contribution in [0.3, 0.4) is 0 Å². The Morgan fingerprint density at radius 2 is 2.18 bits per heavy atom. The van der Waals surface area contributed by atoms with Gasteiger partial charge in [-0.15, -0.1) is 0 Å². The molecule has 1 N–H and O–H groups in total. The Morgan fingerprint density at radius 3 is 2.82 bits per heavy atom. The summed E-state index contributed by atoms with van der Waals surface area (Å²) in [4.78, 5) is 23.9. The van der Waals surface area contributed by atoms with Crippen LogP contribution in [-0.2, 0) is 11.3 Å². The lowest BCUT2D eigenvalue weighted by Gasteiger charge is -2.12. The first-order valence-corrected chi connectivity index (χ1v) is 6.95. The van der Waals surface area contributed by atoms with Gasteiger partial charge in [-0.25, -0.2) is 4.68 Å². The van der Waals surface area contributed by atoms with E-state index in [0.29, 0.717) is 18.9 Å². The number of methoxy groups -OCH3 is 1. The van der Waals surface area contributed by atoms with Crippen molar-refractivity contribution in [1.82, 2.24) is 15.1 Å². The molecule has 1 atom stereocenters. The fourth-order valence-electron chi connectivity index (χ4n) is 1.94. The van der Waals surface area contributed by atoms with E-state index < -0.39 is 0 Å². The van der Waals surface area contributed by atoms with E-state index in [1.54, 1.807) is 0 Å². The molecule has 2 rings (SSSR count). The van der Waals surface area contributed by atoms with Gasteiger partial charge in [-0.1, -0.05) is 0 Å². The average molecular weight is 305 g/mol. The minimum absolute atomic E-state index is 0.172. The van der Waals surface area contributed by atoms with Gasteiger partial charge in [0.15, 0.2) is 0 Å². The smallest absolute Gasteiger partial charge is 0.272 e. The molecule has 2 aromatic rings. The van der Waals surface area contributed by atoms with Gasteiger partial charge in [-0.05, 0) is 32.0 Å². The van der Waals surface area contributed by atoms with E-state index in [1.165, 1.54) is 23.9 Å². The number of nitrogens with zero attached hydrogens (tertiary/aromatic N) is 2. The molecule has 0 saturated heterocycles. The van der Waals surface area contributed by atoms with Crippen LogP contribution in [0.5, 0.6) is 0 Å². The zero-order valence-electron chi connectivity index (χ0n) is 12.8. The topological polar surface area (TPSA) is 86.4 Å². The molecule has 0 fully saturated rings. The maximum absolute atomic E-state index is 12.2. The number of rotatable bonds is 6. The van der Waals surface area contributed by atoms with Crippen LogP contribution in [0, 0.1) is 6.92 Å². The molecule has 7 nitrogen and oxygen atoms in total. The van der Waals surface area contributed by atoms with Crippen LogP contribution in [-0.4, -0.2) is 29.4 Å². The van der Waals surface area contributed by atoms with Gasteiger partial charge < -0.3 is 14.5 Å². The highest BCUT2D eigenvalue weighted by molar-refractivity contribution is 5.92. The summed E-state index contributed by atoms with van der Waals surface area (Å²) in [7, 11) is 1.54. The van der Waals surface area contributed by atoms with Crippen LogP contribution in [0.4, 0.5) is 0 Å². The van der Waals surface area contributed by atoms with E-state index in [2.05, 4.69) is 10.4 Å². The molecule has 2 heterocycles. The molecule has 0 unspecified atom stereocenters.